The van der Waals surface area contributed by atoms with Gasteiger partial charge in [0.15, 0.2) is 11.5 Å². The molecule has 0 saturated heterocycles. The van der Waals surface area contributed by atoms with Crippen LogP contribution in [0.4, 0.5) is 0 Å². The van der Waals surface area contributed by atoms with Crippen LogP contribution in [0.5, 0.6) is 0 Å². The Bertz CT molecular complexity index is 583. The third-order valence-corrected chi connectivity index (χ3v) is 3.46. The first-order chi connectivity index (χ1) is 10.1. The molecule has 0 saturated carbocycles. The molecule has 2 atom stereocenters. The standard InChI is InChI=1S/C15H19N3O3/c1-3-10(2)13(19)9-17-15(20)12-7-14(21-18-12)11-5-4-6-16-8-11/h4-8,10,13,19H,3,9H2,1-2H3,(H,17,20). The van der Waals surface area contributed by atoms with Crippen LogP contribution in [0.2, 0.25) is 0 Å². The first-order valence-corrected chi connectivity index (χ1v) is 6.95. The molecule has 2 rings (SSSR count). The van der Waals surface area contributed by atoms with Crippen molar-refractivity contribution in [2.24, 2.45) is 5.92 Å². The Hall–Kier alpha value is -2.21. The lowest BCUT2D eigenvalue weighted by Gasteiger charge is -2.16. The highest BCUT2D eigenvalue weighted by molar-refractivity contribution is 5.93. The van der Waals surface area contributed by atoms with Gasteiger partial charge in [0, 0.05) is 30.6 Å². The summed E-state index contributed by atoms with van der Waals surface area (Å²) in [7, 11) is 0. The van der Waals surface area contributed by atoms with Crippen LogP contribution in [-0.2, 0) is 0 Å². The van der Waals surface area contributed by atoms with Crippen LogP contribution in [0, 0.1) is 5.92 Å². The fourth-order valence-electron chi connectivity index (χ4n) is 1.79. The van der Waals surface area contributed by atoms with Gasteiger partial charge in [0.2, 0.25) is 0 Å². The largest absolute Gasteiger partial charge is 0.391 e. The van der Waals surface area contributed by atoms with Crippen molar-refractivity contribution in [1.29, 1.82) is 0 Å². The Labute approximate surface area is 123 Å². The van der Waals surface area contributed by atoms with Gasteiger partial charge in [0.25, 0.3) is 5.91 Å². The second-order valence-corrected chi connectivity index (χ2v) is 4.98. The number of rotatable bonds is 6. The third-order valence-electron chi connectivity index (χ3n) is 3.46. The summed E-state index contributed by atoms with van der Waals surface area (Å²) in [6, 6.07) is 5.16. The van der Waals surface area contributed by atoms with Crippen molar-refractivity contribution in [3.8, 4) is 11.3 Å². The Morgan fingerprint density at radius 3 is 3.00 bits per heavy atom. The average molecular weight is 289 g/mol. The number of hydrogen-bond acceptors (Lipinski definition) is 5. The average Bonchev–Trinajstić information content (AvgIpc) is 3.02. The lowest BCUT2D eigenvalue weighted by atomic mass is 10.0. The van der Waals surface area contributed by atoms with Crippen LogP contribution in [0.25, 0.3) is 11.3 Å². The summed E-state index contributed by atoms with van der Waals surface area (Å²) in [5, 5.41) is 16.2. The van der Waals surface area contributed by atoms with Gasteiger partial charge in [-0.2, -0.15) is 0 Å². The van der Waals surface area contributed by atoms with Crippen molar-refractivity contribution in [1.82, 2.24) is 15.5 Å². The quantitative estimate of drug-likeness (QED) is 0.847. The summed E-state index contributed by atoms with van der Waals surface area (Å²) >= 11 is 0. The molecule has 0 fully saturated rings. The lowest BCUT2D eigenvalue weighted by molar-refractivity contribution is 0.0842. The van der Waals surface area contributed by atoms with Crippen LogP contribution in [0.3, 0.4) is 0 Å². The van der Waals surface area contributed by atoms with Crippen LogP contribution in [-0.4, -0.2) is 33.8 Å². The van der Waals surface area contributed by atoms with Crippen LogP contribution in [0.1, 0.15) is 30.8 Å². The zero-order chi connectivity index (χ0) is 15.2. The van der Waals surface area contributed by atoms with Crippen molar-refractivity contribution in [3.63, 3.8) is 0 Å². The molecule has 2 aromatic rings. The van der Waals surface area contributed by atoms with Gasteiger partial charge in [0.05, 0.1) is 6.10 Å². The molecule has 6 heteroatoms. The lowest BCUT2D eigenvalue weighted by Crippen LogP contribution is -2.35. The molecule has 2 N–H and O–H groups in total. The van der Waals surface area contributed by atoms with E-state index in [0.717, 1.165) is 12.0 Å². The fourth-order valence-corrected chi connectivity index (χ4v) is 1.79. The summed E-state index contributed by atoms with van der Waals surface area (Å²) < 4.78 is 5.13. The van der Waals surface area contributed by atoms with Crippen LogP contribution in [0.15, 0.2) is 35.1 Å². The minimum atomic E-state index is -0.566. The number of carbonyl (C=O) groups excluding carboxylic acids is 1. The zero-order valence-corrected chi connectivity index (χ0v) is 12.1. The van der Waals surface area contributed by atoms with Gasteiger partial charge in [0.1, 0.15) is 0 Å². The van der Waals surface area contributed by atoms with Crippen molar-refractivity contribution < 1.29 is 14.4 Å². The highest BCUT2D eigenvalue weighted by Crippen LogP contribution is 2.18. The second-order valence-electron chi connectivity index (χ2n) is 4.98. The molecule has 112 valence electrons. The predicted octanol–water partition coefficient (Wildman–Crippen LogP) is 1.87. The van der Waals surface area contributed by atoms with Crippen molar-refractivity contribution in [2.75, 3.05) is 6.54 Å². The summed E-state index contributed by atoms with van der Waals surface area (Å²) in [5.74, 6) is 0.250. The normalized spacial score (nSPS) is 13.7. The van der Waals surface area contributed by atoms with E-state index in [1.807, 2.05) is 19.9 Å². The van der Waals surface area contributed by atoms with E-state index in [2.05, 4.69) is 15.5 Å². The van der Waals surface area contributed by atoms with Gasteiger partial charge < -0.3 is 14.9 Å². The van der Waals surface area contributed by atoms with Gasteiger partial charge in [-0.05, 0) is 18.1 Å². The second kappa shape index (κ2) is 6.99. The molecule has 2 aromatic heterocycles. The van der Waals surface area contributed by atoms with Crippen LogP contribution >= 0.6 is 0 Å². The number of aromatic nitrogens is 2. The number of amides is 1. The maximum absolute atomic E-state index is 11.9. The maximum atomic E-state index is 11.9. The molecule has 6 nitrogen and oxygen atoms in total. The van der Waals surface area contributed by atoms with Gasteiger partial charge in [-0.1, -0.05) is 25.4 Å². The minimum absolute atomic E-state index is 0.133. The van der Waals surface area contributed by atoms with E-state index in [9.17, 15) is 9.90 Å². The van der Waals surface area contributed by atoms with Crippen LogP contribution < -0.4 is 5.32 Å². The molecular formula is C15H19N3O3. The first kappa shape index (κ1) is 15.2. The van der Waals surface area contributed by atoms with E-state index < -0.39 is 6.10 Å². The summed E-state index contributed by atoms with van der Waals surface area (Å²) in [4.78, 5) is 15.9. The molecule has 0 aliphatic carbocycles. The molecular weight excluding hydrogens is 270 g/mol. The van der Waals surface area contributed by atoms with E-state index in [0.29, 0.717) is 5.76 Å². The minimum Gasteiger partial charge on any atom is -0.391 e. The van der Waals surface area contributed by atoms with Crippen molar-refractivity contribution in [2.45, 2.75) is 26.4 Å². The number of nitrogens with one attached hydrogen (secondary N) is 1. The van der Waals surface area contributed by atoms with Crippen molar-refractivity contribution >= 4 is 5.91 Å². The number of nitrogens with zero attached hydrogens (tertiary/aromatic N) is 2. The number of hydrogen-bond donors (Lipinski definition) is 2. The number of pyridine rings is 1. The Morgan fingerprint density at radius 1 is 1.52 bits per heavy atom. The molecule has 0 radical (unpaired) electrons. The van der Waals surface area contributed by atoms with Gasteiger partial charge in [-0.25, -0.2) is 0 Å². The zero-order valence-electron chi connectivity index (χ0n) is 12.1. The summed E-state index contributed by atoms with van der Waals surface area (Å²) in [5.41, 5.74) is 0.939. The topological polar surface area (TPSA) is 88.2 Å². The van der Waals surface area contributed by atoms with Crippen molar-refractivity contribution in [3.05, 3.63) is 36.3 Å². The highest BCUT2D eigenvalue weighted by atomic mass is 16.5. The molecule has 21 heavy (non-hydrogen) atoms. The molecule has 0 aliphatic heterocycles. The monoisotopic (exact) mass is 289 g/mol. The number of carbonyl (C=O) groups is 1. The van der Waals surface area contributed by atoms with E-state index in [-0.39, 0.29) is 24.1 Å². The Balaban J connectivity index is 1.97. The molecule has 0 aromatic carbocycles. The smallest absolute Gasteiger partial charge is 0.273 e. The molecule has 0 aliphatic rings. The molecule has 2 heterocycles. The van der Waals surface area contributed by atoms with Gasteiger partial charge >= 0.3 is 0 Å². The number of aliphatic hydroxyl groups is 1. The number of aliphatic hydroxyl groups excluding tert-OH is 1. The third kappa shape index (κ3) is 3.88. The molecule has 1 amide bonds. The first-order valence-electron chi connectivity index (χ1n) is 6.95. The fraction of sp³-hybridized carbons (Fsp3) is 0.400. The van der Waals surface area contributed by atoms with E-state index >= 15 is 0 Å². The highest BCUT2D eigenvalue weighted by Gasteiger charge is 2.17. The maximum Gasteiger partial charge on any atom is 0.273 e. The SMILES string of the molecule is CCC(C)C(O)CNC(=O)c1cc(-c2cccnc2)on1. The van der Waals surface area contributed by atoms with E-state index in [1.54, 1.807) is 24.5 Å². The van der Waals surface area contributed by atoms with Gasteiger partial charge in [-0.3, -0.25) is 9.78 Å². The summed E-state index contributed by atoms with van der Waals surface area (Å²) in [6.45, 7) is 4.13. The molecule has 0 spiro atoms. The molecule has 0 bridgehead atoms. The van der Waals surface area contributed by atoms with Gasteiger partial charge in [-0.15, -0.1) is 0 Å². The Morgan fingerprint density at radius 2 is 2.33 bits per heavy atom. The summed E-state index contributed by atoms with van der Waals surface area (Å²) in [6.07, 6.45) is 3.58. The predicted molar refractivity (Wildman–Crippen MR) is 77.5 cm³/mol. The van der Waals surface area contributed by atoms with E-state index in [4.69, 9.17) is 4.52 Å². The molecule has 2 unspecified atom stereocenters. The van der Waals surface area contributed by atoms with E-state index in [1.165, 1.54) is 0 Å². The Kier molecular flexibility index (Phi) is 5.05.